The fraction of sp³-hybridized carbons (Fsp3) is 0.583. The van der Waals surface area contributed by atoms with Crippen LogP contribution in [0.25, 0.3) is 10.9 Å². The quantitative estimate of drug-likeness (QED) is 0.451. The van der Waals surface area contributed by atoms with Crippen LogP contribution in [0, 0.1) is 0 Å². The predicted molar refractivity (Wildman–Crippen MR) is 133 cm³/mol. The van der Waals surface area contributed by atoms with Crippen molar-refractivity contribution in [2.24, 2.45) is 0 Å². The lowest BCUT2D eigenvalue weighted by Crippen LogP contribution is -2.47. The molecule has 3 rings (SSSR count). The van der Waals surface area contributed by atoms with Gasteiger partial charge in [-0.3, -0.25) is 9.80 Å². The standard InChI is InChI=1S/C24H36BrN5O/c1-4-27(3)12-15-29(20(2)19-31)11-5-10-28-13-16-30(17-14-28)24-9-6-21-18-22(25)7-8-23(21)26-24/h6-9,18-20H,4-5,10-17H2,1-3H3. The third-order valence-electron chi connectivity index (χ3n) is 6.33. The second-order valence-corrected chi connectivity index (χ2v) is 9.41. The number of hydrogen-bond acceptors (Lipinski definition) is 6. The molecule has 0 N–H and O–H groups in total. The Labute approximate surface area is 195 Å². The Kier molecular flexibility index (Phi) is 9.26. The number of fused-ring (bicyclic) bond motifs is 1. The van der Waals surface area contributed by atoms with Gasteiger partial charge < -0.3 is 14.6 Å². The van der Waals surface area contributed by atoms with Crippen molar-refractivity contribution in [2.75, 3.05) is 70.9 Å². The van der Waals surface area contributed by atoms with Gasteiger partial charge in [0.25, 0.3) is 0 Å². The van der Waals surface area contributed by atoms with Gasteiger partial charge in [0.05, 0.1) is 11.6 Å². The monoisotopic (exact) mass is 489 g/mol. The molecule has 2 aromatic rings. The number of nitrogens with zero attached hydrogens (tertiary/aromatic N) is 5. The lowest BCUT2D eigenvalue weighted by Gasteiger charge is -2.36. The molecule has 7 heteroatoms. The normalized spacial score (nSPS) is 16.4. The first-order valence-electron chi connectivity index (χ1n) is 11.4. The predicted octanol–water partition coefficient (Wildman–Crippen LogP) is 3.35. The van der Waals surface area contributed by atoms with Crippen LogP contribution in [0.15, 0.2) is 34.8 Å². The Hall–Kier alpha value is -1.54. The van der Waals surface area contributed by atoms with E-state index in [2.05, 4.69) is 73.8 Å². The number of hydrogen-bond donors (Lipinski definition) is 0. The summed E-state index contributed by atoms with van der Waals surface area (Å²) in [5.74, 6) is 1.07. The summed E-state index contributed by atoms with van der Waals surface area (Å²) in [6, 6.07) is 10.5. The maximum Gasteiger partial charge on any atom is 0.136 e. The first-order chi connectivity index (χ1) is 15.0. The number of rotatable bonds is 11. The molecule has 0 aliphatic carbocycles. The van der Waals surface area contributed by atoms with E-state index in [0.29, 0.717) is 0 Å². The topological polar surface area (TPSA) is 42.9 Å². The maximum absolute atomic E-state index is 11.3. The Morgan fingerprint density at radius 3 is 2.61 bits per heavy atom. The van der Waals surface area contributed by atoms with E-state index in [1.807, 2.05) is 13.0 Å². The van der Waals surface area contributed by atoms with Gasteiger partial charge >= 0.3 is 0 Å². The van der Waals surface area contributed by atoms with Crippen molar-refractivity contribution in [3.8, 4) is 0 Å². The van der Waals surface area contributed by atoms with Crippen molar-refractivity contribution in [1.82, 2.24) is 19.7 Å². The van der Waals surface area contributed by atoms with Crippen LogP contribution in [0.2, 0.25) is 0 Å². The molecule has 1 saturated heterocycles. The summed E-state index contributed by atoms with van der Waals surface area (Å²) >= 11 is 3.53. The summed E-state index contributed by atoms with van der Waals surface area (Å²) in [5.41, 5.74) is 1.04. The third-order valence-corrected chi connectivity index (χ3v) is 6.83. The largest absolute Gasteiger partial charge is 0.354 e. The van der Waals surface area contributed by atoms with Gasteiger partial charge in [0.2, 0.25) is 0 Å². The molecule has 0 amide bonds. The number of likely N-dealkylation sites (N-methyl/N-ethyl adjacent to an activating group) is 1. The second kappa shape index (κ2) is 11.9. The van der Waals surface area contributed by atoms with Crippen LogP contribution in [0.5, 0.6) is 0 Å². The number of piperazine rings is 1. The molecular weight excluding hydrogens is 454 g/mol. The maximum atomic E-state index is 11.3. The zero-order valence-electron chi connectivity index (χ0n) is 19.1. The third kappa shape index (κ3) is 6.97. The van der Waals surface area contributed by atoms with Gasteiger partial charge in [-0.25, -0.2) is 4.98 Å². The minimum absolute atomic E-state index is 0.0123. The summed E-state index contributed by atoms with van der Waals surface area (Å²) in [5, 5.41) is 1.16. The van der Waals surface area contributed by atoms with Crippen molar-refractivity contribution in [3.05, 3.63) is 34.8 Å². The number of aldehydes is 1. The Balaban J connectivity index is 1.45. The van der Waals surface area contributed by atoms with Crippen molar-refractivity contribution < 1.29 is 4.79 Å². The molecular formula is C24H36BrN5O. The molecule has 0 spiro atoms. The van der Waals surface area contributed by atoms with E-state index in [0.717, 1.165) is 92.8 Å². The van der Waals surface area contributed by atoms with Crippen LogP contribution in [-0.2, 0) is 4.79 Å². The lowest BCUT2D eigenvalue weighted by molar-refractivity contribution is -0.112. The van der Waals surface area contributed by atoms with Crippen LogP contribution >= 0.6 is 15.9 Å². The smallest absolute Gasteiger partial charge is 0.136 e. The first kappa shape index (κ1) is 24.1. The Morgan fingerprint density at radius 2 is 1.90 bits per heavy atom. The fourth-order valence-corrected chi connectivity index (χ4v) is 4.40. The molecule has 170 valence electrons. The van der Waals surface area contributed by atoms with Crippen LogP contribution in [-0.4, -0.2) is 98.0 Å². The molecule has 0 radical (unpaired) electrons. The Morgan fingerprint density at radius 1 is 1.13 bits per heavy atom. The highest BCUT2D eigenvalue weighted by molar-refractivity contribution is 9.10. The second-order valence-electron chi connectivity index (χ2n) is 8.50. The molecule has 1 atom stereocenters. The minimum Gasteiger partial charge on any atom is -0.354 e. The lowest BCUT2D eigenvalue weighted by atomic mass is 10.2. The number of halogens is 1. The van der Waals surface area contributed by atoms with Gasteiger partial charge in [-0.2, -0.15) is 0 Å². The van der Waals surface area contributed by atoms with E-state index in [-0.39, 0.29) is 6.04 Å². The van der Waals surface area contributed by atoms with Crippen LogP contribution in [0.1, 0.15) is 20.3 Å². The van der Waals surface area contributed by atoms with Gasteiger partial charge in [-0.1, -0.05) is 22.9 Å². The van der Waals surface area contributed by atoms with E-state index < -0.39 is 0 Å². The van der Waals surface area contributed by atoms with Gasteiger partial charge in [0.15, 0.2) is 0 Å². The van der Waals surface area contributed by atoms with Crippen molar-refractivity contribution in [3.63, 3.8) is 0 Å². The van der Waals surface area contributed by atoms with Gasteiger partial charge in [0, 0.05) is 55.7 Å². The molecule has 1 aliphatic heterocycles. The number of aromatic nitrogens is 1. The van der Waals surface area contributed by atoms with Crippen molar-refractivity contribution in [2.45, 2.75) is 26.3 Å². The van der Waals surface area contributed by atoms with E-state index in [4.69, 9.17) is 4.98 Å². The van der Waals surface area contributed by atoms with Gasteiger partial charge in [-0.15, -0.1) is 0 Å². The number of anilines is 1. The van der Waals surface area contributed by atoms with Crippen molar-refractivity contribution in [1.29, 1.82) is 0 Å². The van der Waals surface area contributed by atoms with Crippen molar-refractivity contribution >= 4 is 38.9 Å². The van der Waals surface area contributed by atoms with E-state index in [1.54, 1.807) is 0 Å². The molecule has 1 aromatic carbocycles. The average Bonchev–Trinajstić information content (AvgIpc) is 2.80. The molecule has 2 heterocycles. The summed E-state index contributed by atoms with van der Waals surface area (Å²) in [7, 11) is 2.13. The minimum atomic E-state index is -0.0123. The molecule has 1 fully saturated rings. The summed E-state index contributed by atoms with van der Waals surface area (Å²) in [4.78, 5) is 25.7. The summed E-state index contributed by atoms with van der Waals surface area (Å²) < 4.78 is 1.08. The highest BCUT2D eigenvalue weighted by Crippen LogP contribution is 2.22. The van der Waals surface area contributed by atoms with Crippen LogP contribution in [0.4, 0.5) is 5.82 Å². The summed E-state index contributed by atoms with van der Waals surface area (Å²) in [6.45, 7) is 13.3. The Bertz CT molecular complexity index is 840. The van der Waals surface area contributed by atoms with E-state index in [1.165, 1.54) is 0 Å². The summed E-state index contributed by atoms with van der Waals surface area (Å²) in [6.07, 6.45) is 2.16. The highest BCUT2D eigenvalue weighted by Gasteiger charge is 2.19. The number of carbonyl (C=O) groups excluding carboxylic acids is 1. The number of carbonyl (C=O) groups is 1. The van der Waals surface area contributed by atoms with Gasteiger partial charge in [-0.05, 0) is 63.8 Å². The molecule has 31 heavy (non-hydrogen) atoms. The SMILES string of the molecule is CCN(C)CCN(CCCN1CCN(c2ccc3cc(Br)ccc3n2)CC1)C(C)C=O. The zero-order chi connectivity index (χ0) is 22.2. The van der Waals surface area contributed by atoms with Gasteiger partial charge in [0.1, 0.15) is 12.1 Å². The van der Waals surface area contributed by atoms with Crippen LogP contribution < -0.4 is 4.90 Å². The molecule has 0 saturated carbocycles. The van der Waals surface area contributed by atoms with E-state index >= 15 is 0 Å². The highest BCUT2D eigenvalue weighted by atomic mass is 79.9. The molecule has 6 nitrogen and oxygen atoms in total. The zero-order valence-corrected chi connectivity index (χ0v) is 20.7. The van der Waals surface area contributed by atoms with E-state index in [9.17, 15) is 4.79 Å². The van der Waals surface area contributed by atoms with Crippen LogP contribution in [0.3, 0.4) is 0 Å². The molecule has 1 aliphatic rings. The molecule has 1 unspecified atom stereocenters. The average molecular weight is 490 g/mol. The fourth-order valence-electron chi connectivity index (χ4n) is 4.02. The number of pyridine rings is 1. The molecule has 1 aromatic heterocycles. The first-order valence-corrected chi connectivity index (χ1v) is 12.2. The number of benzene rings is 1. The molecule has 0 bridgehead atoms.